The van der Waals surface area contributed by atoms with E-state index in [1.165, 1.54) is 0 Å². The number of carbonyl (C=O) groups excluding carboxylic acids is 1. The van der Waals surface area contributed by atoms with Crippen molar-refractivity contribution in [2.75, 3.05) is 11.5 Å². The number of hydrogen-bond acceptors (Lipinski definition) is 5. The van der Waals surface area contributed by atoms with Gasteiger partial charge in [0.25, 0.3) is 5.72 Å². The molecule has 0 bridgehead atoms. The van der Waals surface area contributed by atoms with Crippen LogP contribution in [0.25, 0.3) is 0 Å². The predicted molar refractivity (Wildman–Crippen MR) is 92.0 cm³/mol. The molecule has 5 heteroatoms. The molecule has 0 spiro atoms. The average molecular weight is 334 g/mol. The SMILES string of the molecule is CCOC(=O)[C@]12CC[C@H](c3ccc(C#N)cc3)N1c1ccccc1O2. The minimum absolute atomic E-state index is 0.000740. The van der Waals surface area contributed by atoms with Crippen LogP contribution in [0.2, 0.25) is 0 Å². The first kappa shape index (κ1) is 15.5. The fourth-order valence-corrected chi connectivity index (χ4v) is 3.80. The number of esters is 1. The van der Waals surface area contributed by atoms with Gasteiger partial charge < -0.3 is 14.4 Å². The highest BCUT2D eigenvalue weighted by Crippen LogP contribution is 2.54. The van der Waals surface area contributed by atoms with Gasteiger partial charge in [-0.2, -0.15) is 5.26 Å². The van der Waals surface area contributed by atoms with Crippen molar-refractivity contribution in [3.8, 4) is 11.8 Å². The Morgan fingerprint density at radius 3 is 2.80 bits per heavy atom. The van der Waals surface area contributed by atoms with Crippen LogP contribution < -0.4 is 9.64 Å². The van der Waals surface area contributed by atoms with Gasteiger partial charge in [0.1, 0.15) is 5.75 Å². The first-order chi connectivity index (χ1) is 12.2. The summed E-state index contributed by atoms with van der Waals surface area (Å²) in [5.41, 5.74) is 1.49. The lowest BCUT2D eigenvalue weighted by Crippen LogP contribution is -2.53. The van der Waals surface area contributed by atoms with Crippen LogP contribution in [-0.2, 0) is 9.53 Å². The highest BCUT2D eigenvalue weighted by atomic mass is 16.6. The Bertz CT molecular complexity index is 856. The Morgan fingerprint density at radius 1 is 1.32 bits per heavy atom. The minimum atomic E-state index is -1.10. The number of hydrogen-bond donors (Lipinski definition) is 0. The van der Waals surface area contributed by atoms with Gasteiger partial charge in [-0.15, -0.1) is 0 Å². The van der Waals surface area contributed by atoms with Gasteiger partial charge in [-0.25, -0.2) is 4.79 Å². The molecule has 4 rings (SSSR count). The number of ether oxygens (including phenoxy) is 2. The molecule has 0 N–H and O–H groups in total. The van der Waals surface area contributed by atoms with Crippen LogP contribution in [0.15, 0.2) is 48.5 Å². The third-order valence-corrected chi connectivity index (χ3v) is 4.88. The van der Waals surface area contributed by atoms with E-state index >= 15 is 0 Å². The first-order valence-electron chi connectivity index (χ1n) is 8.44. The summed E-state index contributed by atoms with van der Waals surface area (Å²) in [6.45, 7) is 2.11. The van der Waals surface area contributed by atoms with Crippen LogP contribution in [0, 0.1) is 11.3 Å². The van der Waals surface area contributed by atoms with Gasteiger partial charge in [-0.3, -0.25) is 0 Å². The number of anilines is 1. The van der Waals surface area contributed by atoms with Gasteiger partial charge in [0.15, 0.2) is 0 Å². The zero-order valence-corrected chi connectivity index (χ0v) is 13.9. The van der Waals surface area contributed by atoms with Crippen LogP contribution >= 0.6 is 0 Å². The molecule has 25 heavy (non-hydrogen) atoms. The van der Waals surface area contributed by atoms with Crippen molar-refractivity contribution in [3.05, 3.63) is 59.7 Å². The fraction of sp³-hybridized carbons (Fsp3) is 0.300. The number of benzene rings is 2. The molecule has 2 aliphatic rings. The lowest BCUT2D eigenvalue weighted by Gasteiger charge is -2.33. The van der Waals surface area contributed by atoms with Gasteiger partial charge in [-0.1, -0.05) is 24.3 Å². The second-order valence-electron chi connectivity index (χ2n) is 6.23. The highest BCUT2D eigenvalue weighted by molar-refractivity contribution is 5.89. The van der Waals surface area contributed by atoms with Crippen molar-refractivity contribution in [2.24, 2.45) is 0 Å². The predicted octanol–water partition coefficient (Wildman–Crippen LogP) is 3.55. The highest BCUT2D eigenvalue weighted by Gasteiger charge is 2.60. The van der Waals surface area contributed by atoms with E-state index < -0.39 is 5.72 Å². The van der Waals surface area contributed by atoms with E-state index in [0.29, 0.717) is 24.3 Å². The zero-order valence-electron chi connectivity index (χ0n) is 13.9. The van der Waals surface area contributed by atoms with Crippen LogP contribution in [0.5, 0.6) is 5.75 Å². The summed E-state index contributed by atoms with van der Waals surface area (Å²) in [6.07, 6.45) is 1.34. The molecule has 2 aromatic carbocycles. The molecular weight excluding hydrogens is 316 g/mol. The second-order valence-corrected chi connectivity index (χ2v) is 6.23. The molecule has 2 atom stereocenters. The maximum Gasteiger partial charge on any atom is 0.372 e. The number of rotatable bonds is 3. The molecule has 0 aliphatic carbocycles. The third-order valence-electron chi connectivity index (χ3n) is 4.88. The number of fused-ring (bicyclic) bond motifs is 3. The van der Waals surface area contributed by atoms with E-state index in [1.54, 1.807) is 6.92 Å². The number of carbonyl (C=O) groups is 1. The lowest BCUT2D eigenvalue weighted by atomic mass is 10.0. The molecule has 1 fully saturated rings. The quantitative estimate of drug-likeness (QED) is 0.803. The molecule has 1 saturated heterocycles. The maximum absolute atomic E-state index is 12.8. The summed E-state index contributed by atoms with van der Waals surface area (Å²) in [7, 11) is 0. The topological polar surface area (TPSA) is 62.6 Å². The Kier molecular flexibility index (Phi) is 3.61. The van der Waals surface area contributed by atoms with E-state index in [-0.39, 0.29) is 12.0 Å². The van der Waals surface area contributed by atoms with E-state index in [1.807, 2.05) is 53.4 Å². The van der Waals surface area contributed by atoms with Crippen LogP contribution in [-0.4, -0.2) is 18.3 Å². The summed E-state index contributed by atoms with van der Waals surface area (Å²) in [5, 5.41) is 9.01. The molecule has 5 nitrogen and oxygen atoms in total. The molecule has 2 heterocycles. The van der Waals surface area contributed by atoms with Gasteiger partial charge in [-0.05, 0) is 43.2 Å². The first-order valence-corrected chi connectivity index (χ1v) is 8.44. The van der Waals surface area contributed by atoms with Gasteiger partial charge >= 0.3 is 5.97 Å². The summed E-state index contributed by atoms with van der Waals surface area (Å²) in [4.78, 5) is 14.8. The minimum Gasteiger partial charge on any atom is -0.462 e. The van der Waals surface area contributed by atoms with Crippen molar-refractivity contribution < 1.29 is 14.3 Å². The average Bonchev–Trinajstić information content (AvgIpc) is 3.17. The molecule has 0 amide bonds. The fourth-order valence-electron chi connectivity index (χ4n) is 3.80. The molecule has 0 saturated carbocycles. The van der Waals surface area contributed by atoms with E-state index in [2.05, 4.69) is 6.07 Å². The molecule has 126 valence electrons. The largest absolute Gasteiger partial charge is 0.462 e. The Hall–Kier alpha value is -3.00. The van der Waals surface area contributed by atoms with Gasteiger partial charge in [0.05, 0.1) is 30.0 Å². The van der Waals surface area contributed by atoms with Crippen LogP contribution in [0.1, 0.15) is 36.9 Å². The number of nitrogens with zero attached hydrogens (tertiary/aromatic N) is 2. The van der Waals surface area contributed by atoms with Gasteiger partial charge in [0, 0.05) is 6.42 Å². The van der Waals surface area contributed by atoms with Crippen molar-refractivity contribution in [2.45, 2.75) is 31.5 Å². The van der Waals surface area contributed by atoms with Crippen molar-refractivity contribution >= 4 is 11.7 Å². The third kappa shape index (κ3) is 2.25. The van der Waals surface area contributed by atoms with Crippen molar-refractivity contribution in [1.29, 1.82) is 5.26 Å². The molecule has 2 aliphatic heterocycles. The maximum atomic E-state index is 12.8. The van der Waals surface area contributed by atoms with E-state index in [9.17, 15) is 4.79 Å². The molecule has 0 radical (unpaired) electrons. The number of nitriles is 1. The van der Waals surface area contributed by atoms with Gasteiger partial charge in [0.2, 0.25) is 0 Å². The molecule has 2 aromatic rings. The van der Waals surface area contributed by atoms with Crippen molar-refractivity contribution in [1.82, 2.24) is 0 Å². The second kappa shape index (κ2) is 5.82. The Morgan fingerprint density at radius 2 is 2.08 bits per heavy atom. The van der Waals surface area contributed by atoms with E-state index in [0.717, 1.165) is 17.7 Å². The van der Waals surface area contributed by atoms with Crippen LogP contribution in [0.4, 0.5) is 5.69 Å². The summed E-state index contributed by atoms with van der Waals surface area (Å²) < 4.78 is 11.5. The standard InChI is InChI=1S/C20H18N2O3/c1-2-24-19(23)20-12-11-16(15-9-7-14(13-21)8-10-15)22(20)17-5-3-4-6-18(17)25-20/h3-10,16H,2,11-12H2,1H3/t16-,20-/m1/s1. The zero-order chi connectivity index (χ0) is 17.4. The summed E-state index contributed by atoms with van der Waals surface area (Å²) >= 11 is 0. The van der Waals surface area contributed by atoms with Crippen molar-refractivity contribution in [3.63, 3.8) is 0 Å². The molecule has 0 aromatic heterocycles. The Labute approximate surface area is 146 Å². The number of para-hydroxylation sites is 2. The molecule has 0 unspecified atom stereocenters. The summed E-state index contributed by atoms with van der Waals surface area (Å²) in [5.74, 6) is 0.358. The summed E-state index contributed by atoms with van der Waals surface area (Å²) in [6, 6.07) is 17.3. The van der Waals surface area contributed by atoms with Crippen LogP contribution in [0.3, 0.4) is 0 Å². The monoisotopic (exact) mass is 334 g/mol. The Balaban J connectivity index is 1.78. The smallest absolute Gasteiger partial charge is 0.372 e. The normalized spacial score (nSPS) is 23.4. The lowest BCUT2D eigenvalue weighted by molar-refractivity contribution is -0.159. The molecular formula is C20H18N2O3. The van der Waals surface area contributed by atoms with E-state index in [4.69, 9.17) is 14.7 Å².